The largest absolute Gasteiger partial charge is 0.444 e. The minimum atomic E-state index is -0.651. The molecule has 3 aromatic heterocycles. The van der Waals surface area contributed by atoms with Gasteiger partial charge in [0.25, 0.3) is 5.91 Å². The first-order chi connectivity index (χ1) is 21.0. The predicted molar refractivity (Wildman–Crippen MR) is 167 cm³/mol. The van der Waals surface area contributed by atoms with Gasteiger partial charge in [-0.25, -0.2) is 9.78 Å². The standard InChI is InChI=1S/C33H37N7O4/c1-19-15-24(39(5)38-19)18-40-25-12-14-35-31(42)28(25)27(21-7-6-8-23(16-21)36-32(43)44-33(2,3)4)29(40)22-11-13-34-26(17-22)37-30(41)20-9-10-20/h6-8,11,13,15-17,20H,9-10,12,14,18H2,1-5H3,(H,35,42)(H,36,43)(H,34,37,41). The molecule has 0 radical (unpaired) electrons. The number of carbonyl (C=O) groups is 3. The zero-order chi connectivity index (χ0) is 31.2. The maximum absolute atomic E-state index is 13.6. The first kappa shape index (κ1) is 29.2. The topological polar surface area (TPSA) is 132 Å². The third-order valence-corrected chi connectivity index (χ3v) is 7.69. The van der Waals surface area contributed by atoms with E-state index in [9.17, 15) is 14.4 Å². The molecule has 11 heteroatoms. The van der Waals surface area contributed by atoms with Gasteiger partial charge in [0.15, 0.2) is 0 Å². The van der Waals surface area contributed by atoms with E-state index in [0.29, 0.717) is 36.6 Å². The van der Waals surface area contributed by atoms with Crippen molar-refractivity contribution >= 4 is 29.4 Å². The SMILES string of the molecule is Cc1cc(Cn2c3c(c(-c4cccc(NC(=O)OC(C)(C)C)c4)c2-c2ccnc(NC(=O)C4CC4)c2)C(=O)NCC3)n(C)n1. The van der Waals surface area contributed by atoms with Gasteiger partial charge in [-0.1, -0.05) is 12.1 Å². The Morgan fingerprint density at radius 2 is 1.86 bits per heavy atom. The van der Waals surface area contributed by atoms with Gasteiger partial charge < -0.3 is 19.9 Å². The van der Waals surface area contributed by atoms with Crippen molar-refractivity contribution in [1.29, 1.82) is 0 Å². The van der Waals surface area contributed by atoms with Crippen molar-refractivity contribution in [3.05, 3.63) is 71.3 Å². The van der Waals surface area contributed by atoms with Gasteiger partial charge in [0.2, 0.25) is 5.91 Å². The first-order valence-corrected chi connectivity index (χ1v) is 14.9. The van der Waals surface area contributed by atoms with Crippen LogP contribution in [-0.4, -0.2) is 49.4 Å². The second-order valence-corrected chi connectivity index (χ2v) is 12.4. The van der Waals surface area contributed by atoms with Crippen molar-refractivity contribution in [3.8, 4) is 22.4 Å². The van der Waals surface area contributed by atoms with Crippen LogP contribution in [-0.2, 0) is 29.5 Å². The molecular formula is C33H37N7O4. The van der Waals surface area contributed by atoms with Crippen molar-refractivity contribution in [3.63, 3.8) is 0 Å². The molecule has 228 valence electrons. The van der Waals surface area contributed by atoms with Gasteiger partial charge in [-0.15, -0.1) is 0 Å². The Hall–Kier alpha value is -4.93. The minimum absolute atomic E-state index is 0.0316. The summed E-state index contributed by atoms with van der Waals surface area (Å²) in [6.45, 7) is 8.37. The molecule has 11 nitrogen and oxygen atoms in total. The van der Waals surface area contributed by atoms with E-state index in [1.54, 1.807) is 12.3 Å². The van der Waals surface area contributed by atoms with Gasteiger partial charge in [0.1, 0.15) is 11.4 Å². The molecule has 2 aliphatic rings. The summed E-state index contributed by atoms with van der Waals surface area (Å²) in [5.41, 5.74) is 6.35. The molecule has 3 N–H and O–H groups in total. The molecule has 1 aliphatic carbocycles. The molecule has 1 fully saturated rings. The summed E-state index contributed by atoms with van der Waals surface area (Å²) in [5, 5.41) is 13.4. The van der Waals surface area contributed by atoms with E-state index >= 15 is 0 Å². The number of aryl methyl sites for hydroxylation is 2. The van der Waals surface area contributed by atoms with Crippen LogP contribution in [0.1, 0.15) is 61.1 Å². The number of hydrogen-bond donors (Lipinski definition) is 3. The van der Waals surface area contributed by atoms with Crippen molar-refractivity contribution in [2.45, 2.75) is 59.1 Å². The van der Waals surface area contributed by atoms with Crippen LogP contribution in [0.3, 0.4) is 0 Å². The molecule has 0 saturated heterocycles. The van der Waals surface area contributed by atoms with Crippen LogP contribution < -0.4 is 16.0 Å². The molecule has 1 saturated carbocycles. The lowest BCUT2D eigenvalue weighted by atomic mass is 9.94. The smallest absolute Gasteiger partial charge is 0.412 e. The van der Waals surface area contributed by atoms with Gasteiger partial charge >= 0.3 is 6.09 Å². The van der Waals surface area contributed by atoms with Gasteiger partial charge in [-0.3, -0.25) is 19.6 Å². The molecule has 4 aromatic rings. The normalized spacial score (nSPS) is 14.5. The van der Waals surface area contributed by atoms with E-state index in [0.717, 1.165) is 52.3 Å². The molecule has 1 aromatic carbocycles. The number of carbonyl (C=O) groups excluding carboxylic acids is 3. The number of fused-ring (bicyclic) bond motifs is 1. The number of aromatic nitrogens is 4. The van der Waals surface area contributed by atoms with Crippen LogP contribution >= 0.6 is 0 Å². The average molecular weight is 596 g/mol. The number of anilines is 2. The van der Waals surface area contributed by atoms with Gasteiger partial charge in [-0.2, -0.15) is 5.10 Å². The van der Waals surface area contributed by atoms with Crippen molar-refractivity contribution in [2.24, 2.45) is 13.0 Å². The summed E-state index contributed by atoms with van der Waals surface area (Å²) in [6.07, 6.45) is 3.52. The number of amides is 3. The minimum Gasteiger partial charge on any atom is -0.444 e. The maximum Gasteiger partial charge on any atom is 0.412 e. The van der Waals surface area contributed by atoms with Crippen LogP contribution in [0.25, 0.3) is 22.4 Å². The number of ether oxygens (including phenoxy) is 1. The molecular weight excluding hydrogens is 558 g/mol. The van der Waals surface area contributed by atoms with E-state index < -0.39 is 11.7 Å². The zero-order valence-corrected chi connectivity index (χ0v) is 25.7. The lowest BCUT2D eigenvalue weighted by molar-refractivity contribution is -0.117. The number of pyridine rings is 1. The van der Waals surface area contributed by atoms with Gasteiger partial charge in [0, 0.05) is 54.6 Å². The summed E-state index contributed by atoms with van der Waals surface area (Å²) in [5.74, 6) is 0.292. The Labute approximate surface area is 256 Å². The highest BCUT2D eigenvalue weighted by Gasteiger charge is 2.33. The van der Waals surface area contributed by atoms with Crippen molar-refractivity contribution in [2.75, 3.05) is 17.2 Å². The number of nitrogens with one attached hydrogen (secondary N) is 3. The molecule has 4 heterocycles. The molecule has 44 heavy (non-hydrogen) atoms. The summed E-state index contributed by atoms with van der Waals surface area (Å²) < 4.78 is 9.50. The fourth-order valence-corrected chi connectivity index (χ4v) is 5.68. The Balaban J connectivity index is 1.52. The van der Waals surface area contributed by atoms with Crippen molar-refractivity contribution in [1.82, 2.24) is 24.6 Å². The third kappa shape index (κ3) is 6.08. The van der Waals surface area contributed by atoms with Gasteiger partial charge in [0.05, 0.1) is 29.2 Å². The second kappa shape index (κ2) is 11.3. The highest BCUT2D eigenvalue weighted by molar-refractivity contribution is 6.07. The molecule has 0 bridgehead atoms. The van der Waals surface area contributed by atoms with Crippen molar-refractivity contribution < 1.29 is 19.1 Å². The summed E-state index contributed by atoms with van der Waals surface area (Å²) in [4.78, 5) is 43.3. The third-order valence-electron chi connectivity index (χ3n) is 7.69. The molecule has 0 unspecified atom stereocenters. The molecule has 3 amide bonds. The summed E-state index contributed by atoms with van der Waals surface area (Å²) in [6, 6.07) is 13.2. The molecule has 6 rings (SSSR count). The summed E-state index contributed by atoms with van der Waals surface area (Å²) >= 11 is 0. The van der Waals surface area contributed by atoms with E-state index in [4.69, 9.17) is 4.74 Å². The fourth-order valence-electron chi connectivity index (χ4n) is 5.68. The Morgan fingerprint density at radius 3 is 2.57 bits per heavy atom. The second-order valence-electron chi connectivity index (χ2n) is 12.4. The van der Waals surface area contributed by atoms with Crippen LogP contribution in [0.15, 0.2) is 48.7 Å². The van der Waals surface area contributed by atoms with Crippen LogP contribution in [0.4, 0.5) is 16.3 Å². The highest BCUT2D eigenvalue weighted by Crippen LogP contribution is 2.42. The van der Waals surface area contributed by atoms with Crippen LogP contribution in [0.2, 0.25) is 0 Å². The Morgan fingerprint density at radius 1 is 1.07 bits per heavy atom. The zero-order valence-electron chi connectivity index (χ0n) is 25.7. The van der Waals surface area contributed by atoms with Gasteiger partial charge in [-0.05, 0) is 76.4 Å². The lowest BCUT2D eigenvalue weighted by Gasteiger charge is -2.20. The maximum atomic E-state index is 13.6. The number of benzene rings is 1. The van der Waals surface area contributed by atoms with E-state index in [-0.39, 0.29) is 17.7 Å². The van der Waals surface area contributed by atoms with E-state index in [1.165, 1.54) is 0 Å². The Kier molecular flexibility index (Phi) is 7.48. The number of rotatable bonds is 7. The number of nitrogens with zero attached hydrogens (tertiary/aromatic N) is 4. The van der Waals surface area contributed by atoms with Crippen LogP contribution in [0, 0.1) is 12.8 Å². The summed E-state index contributed by atoms with van der Waals surface area (Å²) in [7, 11) is 1.91. The van der Waals surface area contributed by atoms with E-state index in [1.807, 2.05) is 75.8 Å². The number of hydrogen-bond acceptors (Lipinski definition) is 6. The first-order valence-electron chi connectivity index (χ1n) is 14.9. The quantitative estimate of drug-likeness (QED) is 0.266. The molecule has 0 atom stereocenters. The lowest BCUT2D eigenvalue weighted by Crippen LogP contribution is -2.32. The van der Waals surface area contributed by atoms with Crippen LogP contribution in [0.5, 0.6) is 0 Å². The predicted octanol–water partition coefficient (Wildman–Crippen LogP) is 5.29. The van der Waals surface area contributed by atoms with E-state index in [2.05, 4.69) is 30.6 Å². The molecule has 1 aliphatic heterocycles. The fraction of sp³-hybridized carbons (Fsp3) is 0.364. The Bertz CT molecular complexity index is 1770. The highest BCUT2D eigenvalue weighted by atomic mass is 16.6. The average Bonchev–Trinajstić information content (AvgIpc) is 3.68. The monoisotopic (exact) mass is 595 g/mol. The molecule has 0 spiro atoms.